The van der Waals surface area contributed by atoms with E-state index in [0.29, 0.717) is 5.02 Å². The van der Waals surface area contributed by atoms with Gasteiger partial charge in [-0.15, -0.1) is 0 Å². The molecular formula is C17H12Cl2N4O4S2. The van der Waals surface area contributed by atoms with Crippen LogP contribution in [0.3, 0.4) is 0 Å². The highest BCUT2D eigenvalue weighted by atomic mass is 35.5. The van der Waals surface area contributed by atoms with Gasteiger partial charge in [-0.05, 0) is 36.8 Å². The van der Waals surface area contributed by atoms with Crippen molar-refractivity contribution in [3.05, 3.63) is 74.6 Å². The summed E-state index contributed by atoms with van der Waals surface area (Å²) in [5.41, 5.74) is 0.688. The maximum absolute atomic E-state index is 12.7. The van der Waals surface area contributed by atoms with Crippen LogP contribution < -0.4 is 4.72 Å². The summed E-state index contributed by atoms with van der Waals surface area (Å²) in [5, 5.41) is 11.5. The lowest BCUT2D eigenvalue weighted by Gasteiger charge is -2.13. The molecule has 0 atom stereocenters. The van der Waals surface area contributed by atoms with Crippen LogP contribution in [0.1, 0.15) is 5.56 Å². The fourth-order valence-electron chi connectivity index (χ4n) is 2.24. The zero-order valence-corrected chi connectivity index (χ0v) is 17.8. The molecule has 1 aromatic heterocycles. The highest BCUT2D eigenvalue weighted by molar-refractivity contribution is 7.99. The van der Waals surface area contributed by atoms with Gasteiger partial charge in [0.05, 0.1) is 9.82 Å². The molecule has 29 heavy (non-hydrogen) atoms. The number of rotatable bonds is 6. The molecule has 12 heteroatoms. The first-order valence-corrected chi connectivity index (χ1v) is 10.9. The summed E-state index contributed by atoms with van der Waals surface area (Å²) in [4.78, 5) is 18.7. The van der Waals surface area contributed by atoms with E-state index in [-0.39, 0.29) is 26.4 Å². The van der Waals surface area contributed by atoms with E-state index in [1.165, 1.54) is 18.1 Å². The highest BCUT2D eigenvalue weighted by Gasteiger charge is 2.21. The molecule has 0 radical (unpaired) electrons. The van der Waals surface area contributed by atoms with Gasteiger partial charge in [0.25, 0.3) is 15.7 Å². The van der Waals surface area contributed by atoms with Crippen LogP contribution in [0.5, 0.6) is 0 Å². The number of sulfonamides is 1. The third-order valence-electron chi connectivity index (χ3n) is 3.72. The predicted molar refractivity (Wildman–Crippen MR) is 111 cm³/mol. The molecule has 0 aliphatic carbocycles. The summed E-state index contributed by atoms with van der Waals surface area (Å²) in [7, 11) is -4.09. The minimum atomic E-state index is -4.09. The van der Waals surface area contributed by atoms with Crippen LogP contribution in [0, 0.1) is 17.0 Å². The lowest BCUT2D eigenvalue weighted by Crippen LogP contribution is -2.14. The summed E-state index contributed by atoms with van der Waals surface area (Å²) in [5.74, 6) is 0. The normalized spacial score (nSPS) is 11.3. The van der Waals surface area contributed by atoms with E-state index >= 15 is 0 Å². The van der Waals surface area contributed by atoms with E-state index < -0.39 is 14.9 Å². The van der Waals surface area contributed by atoms with Crippen LogP contribution in [0.4, 0.5) is 11.4 Å². The summed E-state index contributed by atoms with van der Waals surface area (Å²) >= 11 is 13.3. The Balaban J connectivity index is 1.96. The number of benzene rings is 2. The van der Waals surface area contributed by atoms with Crippen LogP contribution in [0.25, 0.3) is 0 Å². The number of non-ortho nitro benzene ring substituents is 1. The standard InChI is InChI=1S/C17H12Cl2N4O4S2/c1-10-2-3-11(18)8-14(10)28-17-15(16(19)20-9-21-17)22-29(26,27)13-6-4-12(5-7-13)23(24)25/h2-9,22H,1H3. The smallest absolute Gasteiger partial charge is 0.269 e. The largest absolute Gasteiger partial charge is 0.274 e. The molecule has 2 aromatic carbocycles. The van der Waals surface area contributed by atoms with Gasteiger partial charge in [-0.3, -0.25) is 14.8 Å². The maximum Gasteiger partial charge on any atom is 0.269 e. The Bertz CT molecular complexity index is 1190. The van der Waals surface area contributed by atoms with Crippen molar-refractivity contribution in [3.63, 3.8) is 0 Å². The molecule has 0 bridgehead atoms. The van der Waals surface area contributed by atoms with Crippen LogP contribution in [-0.4, -0.2) is 23.3 Å². The molecule has 3 rings (SSSR count). The van der Waals surface area contributed by atoms with Crippen LogP contribution in [-0.2, 0) is 10.0 Å². The van der Waals surface area contributed by atoms with Crippen LogP contribution in [0.15, 0.2) is 63.6 Å². The molecule has 0 fully saturated rings. The van der Waals surface area contributed by atoms with E-state index in [9.17, 15) is 18.5 Å². The number of nitro groups is 1. The third-order valence-corrected chi connectivity index (χ3v) is 6.77. The zero-order valence-electron chi connectivity index (χ0n) is 14.7. The lowest BCUT2D eigenvalue weighted by atomic mass is 10.2. The van der Waals surface area contributed by atoms with Gasteiger partial charge in [0.2, 0.25) is 0 Å². The number of anilines is 1. The van der Waals surface area contributed by atoms with Crippen molar-refractivity contribution in [1.82, 2.24) is 9.97 Å². The molecular weight excluding hydrogens is 459 g/mol. The molecule has 3 aromatic rings. The number of aromatic nitrogens is 2. The van der Waals surface area contributed by atoms with Crippen LogP contribution in [0.2, 0.25) is 10.2 Å². The van der Waals surface area contributed by atoms with Gasteiger partial charge in [-0.25, -0.2) is 18.4 Å². The second-order valence-corrected chi connectivity index (χ2v) is 9.22. The Hall–Kier alpha value is -2.40. The summed E-state index contributed by atoms with van der Waals surface area (Å²) in [6, 6.07) is 9.76. The molecule has 1 heterocycles. The van der Waals surface area contributed by atoms with Crippen molar-refractivity contribution < 1.29 is 13.3 Å². The number of nitrogens with one attached hydrogen (secondary N) is 1. The monoisotopic (exact) mass is 470 g/mol. The van der Waals surface area contributed by atoms with E-state index in [2.05, 4.69) is 14.7 Å². The Morgan fingerprint density at radius 3 is 2.45 bits per heavy atom. The van der Waals surface area contributed by atoms with Crippen molar-refractivity contribution >= 4 is 56.4 Å². The van der Waals surface area contributed by atoms with Gasteiger partial charge < -0.3 is 0 Å². The first-order chi connectivity index (χ1) is 13.7. The number of nitro benzene ring substituents is 1. The van der Waals surface area contributed by atoms with Gasteiger partial charge in [0.15, 0.2) is 5.15 Å². The summed E-state index contributed by atoms with van der Waals surface area (Å²) < 4.78 is 27.8. The molecule has 0 amide bonds. The van der Waals surface area contributed by atoms with Crippen molar-refractivity contribution in [2.24, 2.45) is 0 Å². The first-order valence-electron chi connectivity index (χ1n) is 7.89. The number of hydrogen-bond donors (Lipinski definition) is 1. The fraction of sp³-hybridized carbons (Fsp3) is 0.0588. The zero-order chi connectivity index (χ0) is 21.2. The number of halogens is 2. The Labute approximate surface area is 180 Å². The van der Waals surface area contributed by atoms with Gasteiger partial charge in [-0.2, -0.15) is 0 Å². The van der Waals surface area contributed by atoms with Crippen molar-refractivity contribution in [2.75, 3.05) is 4.72 Å². The number of hydrogen-bond acceptors (Lipinski definition) is 7. The Morgan fingerprint density at radius 1 is 1.10 bits per heavy atom. The fourth-order valence-corrected chi connectivity index (χ4v) is 4.88. The Kier molecular flexibility index (Phi) is 6.27. The molecule has 0 aliphatic heterocycles. The summed E-state index contributed by atoms with van der Waals surface area (Å²) in [6.07, 6.45) is 1.22. The van der Waals surface area contributed by atoms with E-state index in [4.69, 9.17) is 23.2 Å². The van der Waals surface area contributed by atoms with Crippen molar-refractivity contribution in [1.29, 1.82) is 0 Å². The molecule has 8 nitrogen and oxygen atoms in total. The first kappa shape index (κ1) is 21.3. The van der Waals surface area contributed by atoms with Gasteiger partial charge in [0.1, 0.15) is 17.0 Å². The quantitative estimate of drug-likeness (QED) is 0.307. The molecule has 0 aliphatic rings. The third kappa shape index (κ3) is 4.96. The molecule has 150 valence electrons. The lowest BCUT2D eigenvalue weighted by molar-refractivity contribution is -0.384. The van der Waals surface area contributed by atoms with Crippen molar-refractivity contribution in [3.8, 4) is 0 Å². The van der Waals surface area contributed by atoms with Gasteiger partial charge in [-0.1, -0.05) is 41.0 Å². The molecule has 0 unspecified atom stereocenters. The Morgan fingerprint density at radius 2 is 1.79 bits per heavy atom. The second kappa shape index (κ2) is 8.54. The minimum absolute atomic E-state index is 0.00288. The van der Waals surface area contributed by atoms with Gasteiger partial charge in [0, 0.05) is 22.1 Å². The topological polar surface area (TPSA) is 115 Å². The number of aryl methyl sites for hydroxylation is 1. The van der Waals surface area contributed by atoms with Crippen molar-refractivity contribution in [2.45, 2.75) is 21.7 Å². The molecule has 0 saturated heterocycles. The summed E-state index contributed by atoms with van der Waals surface area (Å²) in [6.45, 7) is 1.88. The SMILES string of the molecule is Cc1ccc(Cl)cc1Sc1ncnc(Cl)c1NS(=O)(=O)c1ccc([N+](=O)[O-])cc1. The molecule has 1 N–H and O–H groups in total. The number of nitrogens with zero attached hydrogens (tertiary/aromatic N) is 3. The maximum atomic E-state index is 12.7. The predicted octanol–water partition coefficient (Wildman–Crippen LogP) is 4.95. The molecule has 0 saturated carbocycles. The van der Waals surface area contributed by atoms with E-state index in [1.54, 1.807) is 12.1 Å². The average Bonchev–Trinajstić information content (AvgIpc) is 2.67. The minimum Gasteiger partial charge on any atom is -0.274 e. The second-order valence-electron chi connectivity index (χ2n) is 5.71. The average molecular weight is 471 g/mol. The van der Waals surface area contributed by atoms with E-state index in [0.717, 1.165) is 34.7 Å². The van der Waals surface area contributed by atoms with Gasteiger partial charge >= 0.3 is 0 Å². The molecule has 0 spiro atoms. The van der Waals surface area contributed by atoms with E-state index in [1.807, 2.05) is 13.0 Å². The highest BCUT2D eigenvalue weighted by Crippen LogP contribution is 2.38. The van der Waals surface area contributed by atoms with Crippen LogP contribution >= 0.6 is 35.0 Å².